The molecule has 1 aromatic rings. The Labute approximate surface area is 126 Å². The van der Waals surface area contributed by atoms with Crippen molar-refractivity contribution in [1.29, 1.82) is 0 Å². The minimum atomic E-state index is -2.86. The molecule has 6 heteroatoms. The van der Waals surface area contributed by atoms with Crippen molar-refractivity contribution in [3.8, 4) is 0 Å². The van der Waals surface area contributed by atoms with Crippen molar-refractivity contribution in [2.45, 2.75) is 20.3 Å². The van der Waals surface area contributed by atoms with Gasteiger partial charge >= 0.3 is 0 Å². The van der Waals surface area contributed by atoms with Gasteiger partial charge in [0, 0.05) is 21.2 Å². The molecule has 18 heavy (non-hydrogen) atoms. The Balaban J connectivity index is 2.55. The molecule has 1 N–H and O–H groups in total. The van der Waals surface area contributed by atoms with E-state index in [4.69, 9.17) is 0 Å². The Hall–Kier alpha value is -0.0700. The number of anilines is 1. The second kappa shape index (κ2) is 6.91. The molecule has 0 aromatic heterocycles. The molecular formula is C12H17Br2NO2S. The molecule has 0 saturated heterocycles. The van der Waals surface area contributed by atoms with Crippen molar-refractivity contribution in [3.05, 3.63) is 26.6 Å². The summed E-state index contributed by atoms with van der Waals surface area (Å²) < 4.78 is 24.6. The van der Waals surface area contributed by atoms with Crippen LogP contribution in [-0.2, 0) is 9.84 Å². The fourth-order valence-corrected chi connectivity index (χ4v) is 4.09. The minimum absolute atomic E-state index is 0.213. The Morgan fingerprint density at radius 1 is 1.22 bits per heavy atom. The van der Waals surface area contributed by atoms with Gasteiger partial charge in [0.2, 0.25) is 0 Å². The zero-order valence-corrected chi connectivity index (χ0v) is 14.5. The molecule has 3 nitrogen and oxygen atoms in total. The maximum Gasteiger partial charge on any atom is 0.150 e. The number of rotatable bonds is 6. The van der Waals surface area contributed by atoms with Gasteiger partial charge in [0.1, 0.15) is 9.84 Å². The van der Waals surface area contributed by atoms with E-state index in [1.807, 2.05) is 19.1 Å². The molecule has 0 heterocycles. The number of hydrogen-bond acceptors (Lipinski definition) is 3. The van der Waals surface area contributed by atoms with E-state index in [0.29, 0.717) is 13.0 Å². The van der Waals surface area contributed by atoms with Gasteiger partial charge in [-0.1, -0.05) is 6.92 Å². The van der Waals surface area contributed by atoms with Crippen LogP contribution in [0.4, 0.5) is 5.69 Å². The van der Waals surface area contributed by atoms with E-state index in [9.17, 15) is 8.42 Å². The maximum absolute atomic E-state index is 11.3. The lowest BCUT2D eigenvalue weighted by molar-refractivity contribution is 0.595. The molecule has 0 saturated carbocycles. The third-order valence-electron chi connectivity index (χ3n) is 2.56. The number of benzene rings is 1. The van der Waals surface area contributed by atoms with Crippen LogP contribution in [0.5, 0.6) is 0 Å². The van der Waals surface area contributed by atoms with Crippen molar-refractivity contribution in [2.24, 2.45) is 0 Å². The standard InChI is InChI=1S/C12H17Br2NO2S/c1-3-18(16,17)6-4-5-15-12-10(13)7-9(2)8-11(12)14/h7-8,15H,3-6H2,1-2H3. The van der Waals surface area contributed by atoms with Crippen LogP contribution in [0.3, 0.4) is 0 Å². The molecule has 0 aliphatic rings. The van der Waals surface area contributed by atoms with Gasteiger partial charge in [0.25, 0.3) is 0 Å². The Morgan fingerprint density at radius 3 is 2.28 bits per heavy atom. The fraction of sp³-hybridized carbons (Fsp3) is 0.500. The van der Waals surface area contributed by atoms with Crippen LogP contribution < -0.4 is 5.32 Å². The normalized spacial score (nSPS) is 11.6. The number of nitrogens with one attached hydrogen (secondary N) is 1. The molecule has 102 valence electrons. The van der Waals surface area contributed by atoms with Gasteiger partial charge < -0.3 is 5.32 Å². The number of hydrogen-bond donors (Lipinski definition) is 1. The predicted octanol–water partition coefficient (Wildman–Crippen LogP) is 3.76. The molecule has 0 atom stereocenters. The molecule has 0 spiro atoms. The van der Waals surface area contributed by atoms with E-state index < -0.39 is 9.84 Å². The summed E-state index contributed by atoms with van der Waals surface area (Å²) in [4.78, 5) is 0. The van der Waals surface area contributed by atoms with Crippen molar-refractivity contribution in [2.75, 3.05) is 23.4 Å². The second-order valence-corrected chi connectivity index (χ2v) is 8.30. The van der Waals surface area contributed by atoms with Crippen LogP contribution in [0, 0.1) is 6.92 Å². The summed E-state index contributed by atoms with van der Waals surface area (Å²) in [7, 11) is -2.86. The fourth-order valence-electron chi connectivity index (χ4n) is 1.52. The lowest BCUT2D eigenvalue weighted by atomic mass is 10.2. The lowest BCUT2D eigenvalue weighted by Crippen LogP contribution is -2.13. The zero-order chi connectivity index (χ0) is 13.8. The molecular weight excluding hydrogens is 382 g/mol. The first-order valence-electron chi connectivity index (χ1n) is 5.75. The van der Waals surface area contributed by atoms with Gasteiger partial charge in [-0.15, -0.1) is 0 Å². The summed E-state index contributed by atoms with van der Waals surface area (Å²) in [6.45, 7) is 4.34. The average Bonchev–Trinajstić information content (AvgIpc) is 2.26. The highest BCUT2D eigenvalue weighted by Gasteiger charge is 2.08. The van der Waals surface area contributed by atoms with Gasteiger partial charge in [-0.25, -0.2) is 8.42 Å². The van der Waals surface area contributed by atoms with Crippen LogP contribution >= 0.6 is 31.9 Å². The van der Waals surface area contributed by atoms with Crippen LogP contribution in [0.2, 0.25) is 0 Å². The van der Waals surface area contributed by atoms with E-state index in [0.717, 1.165) is 20.2 Å². The van der Waals surface area contributed by atoms with Crippen LogP contribution in [0.1, 0.15) is 18.9 Å². The van der Waals surface area contributed by atoms with E-state index in [2.05, 4.69) is 37.2 Å². The van der Waals surface area contributed by atoms with E-state index >= 15 is 0 Å². The number of halogens is 2. The first-order valence-corrected chi connectivity index (χ1v) is 9.16. The van der Waals surface area contributed by atoms with E-state index in [1.165, 1.54) is 0 Å². The van der Waals surface area contributed by atoms with Crippen LogP contribution in [-0.4, -0.2) is 26.5 Å². The zero-order valence-electron chi connectivity index (χ0n) is 10.5. The molecule has 0 fully saturated rings. The Kier molecular flexibility index (Phi) is 6.14. The third kappa shape index (κ3) is 4.90. The highest BCUT2D eigenvalue weighted by Crippen LogP contribution is 2.32. The van der Waals surface area contributed by atoms with Crippen LogP contribution in [0.15, 0.2) is 21.1 Å². The molecule has 0 unspecified atom stereocenters. The van der Waals surface area contributed by atoms with Crippen molar-refractivity contribution >= 4 is 47.4 Å². The van der Waals surface area contributed by atoms with Gasteiger partial charge in [-0.3, -0.25) is 0 Å². The monoisotopic (exact) mass is 397 g/mol. The van der Waals surface area contributed by atoms with Gasteiger partial charge in [-0.05, 0) is 62.9 Å². The molecule has 0 aliphatic heterocycles. The summed E-state index contributed by atoms with van der Waals surface area (Å²) in [5, 5.41) is 3.25. The summed E-state index contributed by atoms with van der Waals surface area (Å²) in [6, 6.07) is 4.05. The first kappa shape index (κ1) is 16.0. The van der Waals surface area contributed by atoms with E-state index in [1.54, 1.807) is 6.92 Å². The quantitative estimate of drug-likeness (QED) is 0.742. The molecule has 0 bridgehead atoms. The highest BCUT2D eigenvalue weighted by molar-refractivity contribution is 9.11. The second-order valence-electron chi connectivity index (χ2n) is 4.12. The van der Waals surface area contributed by atoms with E-state index in [-0.39, 0.29) is 11.5 Å². The molecule has 0 aliphatic carbocycles. The van der Waals surface area contributed by atoms with Gasteiger partial charge in [-0.2, -0.15) is 0 Å². The summed E-state index contributed by atoms with van der Waals surface area (Å²) >= 11 is 6.98. The van der Waals surface area contributed by atoms with Crippen LogP contribution in [0.25, 0.3) is 0 Å². The van der Waals surface area contributed by atoms with Crippen molar-refractivity contribution < 1.29 is 8.42 Å². The topological polar surface area (TPSA) is 46.2 Å². The SMILES string of the molecule is CCS(=O)(=O)CCCNc1c(Br)cc(C)cc1Br. The smallest absolute Gasteiger partial charge is 0.150 e. The number of sulfone groups is 1. The Bertz CT molecular complexity index is 492. The van der Waals surface area contributed by atoms with Crippen molar-refractivity contribution in [1.82, 2.24) is 0 Å². The first-order chi connectivity index (χ1) is 8.35. The van der Waals surface area contributed by atoms with Gasteiger partial charge in [0.15, 0.2) is 0 Å². The van der Waals surface area contributed by atoms with Crippen molar-refractivity contribution in [3.63, 3.8) is 0 Å². The Morgan fingerprint density at radius 2 is 1.78 bits per heavy atom. The predicted molar refractivity (Wildman–Crippen MR) is 84.0 cm³/mol. The maximum atomic E-state index is 11.3. The molecule has 1 aromatic carbocycles. The molecule has 0 amide bonds. The van der Waals surface area contributed by atoms with Gasteiger partial charge in [0.05, 0.1) is 11.4 Å². The average molecular weight is 399 g/mol. The third-order valence-corrected chi connectivity index (χ3v) is 5.60. The molecule has 1 rings (SSSR count). The minimum Gasteiger partial charge on any atom is -0.383 e. The number of aryl methyl sites for hydroxylation is 1. The summed E-state index contributed by atoms with van der Waals surface area (Å²) in [5.41, 5.74) is 2.13. The summed E-state index contributed by atoms with van der Waals surface area (Å²) in [5.74, 6) is 0.447. The summed E-state index contributed by atoms with van der Waals surface area (Å²) in [6.07, 6.45) is 0.614. The highest BCUT2D eigenvalue weighted by atomic mass is 79.9. The molecule has 0 radical (unpaired) electrons. The lowest BCUT2D eigenvalue weighted by Gasteiger charge is -2.11. The largest absolute Gasteiger partial charge is 0.383 e.